The average Bonchev–Trinajstić information content (AvgIpc) is 2.35. The zero-order valence-corrected chi connectivity index (χ0v) is 11.5. The molecule has 4 nitrogen and oxygen atoms in total. The SMILES string of the molecule is CNCc1ccccc1CN1CCS(=O)(=O)CC1. The Morgan fingerprint density at radius 2 is 1.78 bits per heavy atom. The molecule has 1 aromatic carbocycles. The Kier molecular flexibility index (Phi) is 4.37. The largest absolute Gasteiger partial charge is 0.316 e. The summed E-state index contributed by atoms with van der Waals surface area (Å²) in [4.78, 5) is 2.22. The normalized spacial score (nSPS) is 19.8. The lowest BCUT2D eigenvalue weighted by Gasteiger charge is -2.27. The minimum atomic E-state index is -2.78. The molecule has 100 valence electrons. The Bertz CT molecular complexity index is 485. The molecule has 1 saturated heterocycles. The van der Waals surface area contributed by atoms with E-state index in [9.17, 15) is 8.42 Å². The maximum absolute atomic E-state index is 11.4. The predicted octanol–water partition coefficient (Wildman–Crippen LogP) is 0.636. The molecule has 0 aromatic heterocycles. The molecule has 0 unspecified atom stereocenters. The molecule has 2 rings (SSSR count). The quantitative estimate of drug-likeness (QED) is 0.870. The molecule has 0 radical (unpaired) electrons. The third-order valence-corrected chi connectivity index (χ3v) is 4.93. The van der Waals surface area contributed by atoms with Crippen molar-refractivity contribution < 1.29 is 8.42 Å². The lowest BCUT2D eigenvalue weighted by molar-refractivity contribution is 0.286. The van der Waals surface area contributed by atoms with E-state index in [0.29, 0.717) is 24.6 Å². The molecule has 1 aromatic rings. The van der Waals surface area contributed by atoms with Crippen LogP contribution in [0, 0.1) is 0 Å². The van der Waals surface area contributed by atoms with Gasteiger partial charge in [0, 0.05) is 26.2 Å². The second-order valence-electron chi connectivity index (χ2n) is 4.73. The number of nitrogens with one attached hydrogen (secondary N) is 1. The van der Waals surface area contributed by atoms with E-state index >= 15 is 0 Å². The van der Waals surface area contributed by atoms with Crippen LogP contribution in [-0.4, -0.2) is 45.0 Å². The fourth-order valence-corrected chi connectivity index (χ4v) is 3.50. The van der Waals surface area contributed by atoms with Gasteiger partial charge in [-0.25, -0.2) is 8.42 Å². The van der Waals surface area contributed by atoms with Gasteiger partial charge in [0.15, 0.2) is 9.84 Å². The summed E-state index contributed by atoms with van der Waals surface area (Å²) in [7, 11) is -0.848. The fourth-order valence-electron chi connectivity index (χ4n) is 2.22. The number of benzene rings is 1. The average molecular weight is 268 g/mol. The van der Waals surface area contributed by atoms with E-state index in [0.717, 1.165) is 13.1 Å². The number of hydrogen-bond donors (Lipinski definition) is 1. The summed E-state index contributed by atoms with van der Waals surface area (Å²) in [5.74, 6) is 0.586. The molecule has 1 N–H and O–H groups in total. The summed E-state index contributed by atoms with van der Waals surface area (Å²) in [5, 5.41) is 3.16. The highest BCUT2D eigenvalue weighted by Gasteiger charge is 2.21. The number of rotatable bonds is 4. The van der Waals surface area contributed by atoms with Gasteiger partial charge in [0.1, 0.15) is 0 Å². The molecular weight excluding hydrogens is 248 g/mol. The zero-order chi connectivity index (χ0) is 13.0. The zero-order valence-electron chi connectivity index (χ0n) is 10.7. The van der Waals surface area contributed by atoms with E-state index in [1.54, 1.807) is 0 Å². The summed E-state index contributed by atoms with van der Waals surface area (Å²) >= 11 is 0. The second-order valence-corrected chi connectivity index (χ2v) is 7.03. The summed E-state index contributed by atoms with van der Waals surface area (Å²) in [5.41, 5.74) is 2.57. The van der Waals surface area contributed by atoms with Crippen molar-refractivity contribution in [3.63, 3.8) is 0 Å². The van der Waals surface area contributed by atoms with Crippen LogP contribution in [0.4, 0.5) is 0 Å². The van der Waals surface area contributed by atoms with E-state index in [1.165, 1.54) is 11.1 Å². The molecule has 18 heavy (non-hydrogen) atoms. The van der Waals surface area contributed by atoms with Crippen LogP contribution in [0.15, 0.2) is 24.3 Å². The third-order valence-electron chi connectivity index (χ3n) is 3.32. The van der Waals surface area contributed by atoms with Gasteiger partial charge in [0.05, 0.1) is 11.5 Å². The van der Waals surface area contributed by atoms with Crippen LogP contribution in [0.2, 0.25) is 0 Å². The number of nitrogens with zero attached hydrogens (tertiary/aromatic N) is 1. The van der Waals surface area contributed by atoms with Gasteiger partial charge in [0.25, 0.3) is 0 Å². The molecule has 0 aliphatic carbocycles. The molecule has 0 atom stereocenters. The van der Waals surface area contributed by atoms with Crippen molar-refractivity contribution in [2.24, 2.45) is 0 Å². The Labute approximate surface area is 109 Å². The van der Waals surface area contributed by atoms with Gasteiger partial charge in [-0.1, -0.05) is 24.3 Å². The van der Waals surface area contributed by atoms with E-state index in [1.807, 2.05) is 19.2 Å². The lowest BCUT2D eigenvalue weighted by Crippen LogP contribution is -2.39. The van der Waals surface area contributed by atoms with Gasteiger partial charge in [-0.2, -0.15) is 0 Å². The van der Waals surface area contributed by atoms with Crippen LogP contribution in [0.5, 0.6) is 0 Å². The molecular formula is C13H20N2O2S. The molecule has 0 spiro atoms. The van der Waals surface area contributed by atoms with Crippen LogP contribution in [-0.2, 0) is 22.9 Å². The minimum Gasteiger partial charge on any atom is -0.316 e. The first-order chi connectivity index (χ1) is 8.61. The van der Waals surface area contributed by atoms with Crippen molar-refractivity contribution in [2.75, 3.05) is 31.6 Å². The molecule has 1 heterocycles. The van der Waals surface area contributed by atoms with Gasteiger partial charge in [-0.3, -0.25) is 4.90 Å². The Morgan fingerprint density at radius 1 is 1.17 bits per heavy atom. The van der Waals surface area contributed by atoms with Crippen LogP contribution >= 0.6 is 0 Å². The molecule has 0 bridgehead atoms. The van der Waals surface area contributed by atoms with Gasteiger partial charge >= 0.3 is 0 Å². The van der Waals surface area contributed by atoms with Gasteiger partial charge < -0.3 is 5.32 Å². The summed E-state index contributed by atoms with van der Waals surface area (Å²) in [6.45, 7) is 2.99. The monoisotopic (exact) mass is 268 g/mol. The Balaban J connectivity index is 2.02. The highest BCUT2D eigenvalue weighted by Crippen LogP contribution is 2.14. The lowest BCUT2D eigenvalue weighted by atomic mass is 10.1. The highest BCUT2D eigenvalue weighted by atomic mass is 32.2. The topological polar surface area (TPSA) is 49.4 Å². The number of sulfone groups is 1. The first kappa shape index (κ1) is 13.5. The van der Waals surface area contributed by atoms with Crippen molar-refractivity contribution in [3.05, 3.63) is 35.4 Å². The first-order valence-corrected chi connectivity index (χ1v) is 8.07. The summed E-state index contributed by atoms with van der Waals surface area (Å²) in [6.07, 6.45) is 0. The van der Waals surface area contributed by atoms with Gasteiger partial charge in [-0.15, -0.1) is 0 Å². The third kappa shape index (κ3) is 3.54. The highest BCUT2D eigenvalue weighted by molar-refractivity contribution is 7.91. The number of hydrogen-bond acceptors (Lipinski definition) is 4. The van der Waals surface area contributed by atoms with Crippen LogP contribution in [0.3, 0.4) is 0 Å². The van der Waals surface area contributed by atoms with E-state index in [2.05, 4.69) is 22.3 Å². The maximum Gasteiger partial charge on any atom is 0.152 e. The van der Waals surface area contributed by atoms with Gasteiger partial charge in [-0.05, 0) is 18.2 Å². The molecule has 0 saturated carbocycles. The molecule has 1 fully saturated rings. The van der Waals surface area contributed by atoms with Crippen LogP contribution in [0.1, 0.15) is 11.1 Å². The fraction of sp³-hybridized carbons (Fsp3) is 0.538. The van der Waals surface area contributed by atoms with Crippen LogP contribution < -0.4 is 5.32 Å². The Hall–Kier alpha value is -0.910. The van der Waals surface area contributed by atoms with Crippen molar-refractivity contribution in [2.45, 2.75) is 13.1 Å². The van der Waals surface area contributed by atoms with Crippen LogP contribution in [0.25, 0.3) is 0 Å². The first-order valence-electron chi connectivity index (χ1n) is 6.25. The maximum atomic E-state index is 11.4. The summed E-state index contributed by atoms with van der Waals surface area (Å²) in [6, 6.07) is 8.31. The second kappa shape index (κ2) is 5.82. The van der Waals surface area contributed by atoms with Crippen molar-refractivity contribution in [1.82, 2.24) is 10.2 Å². The summed E-state index contributed by atoms with van der Waals surface area (Å²) < 4.78 is 22.8. The predicted molar refractivity (Wildman–Crippen MR) is 73.1 cm³/mol. The van der Waals surface area contributed by atoms with Crippen molar-refractivity contribution >= 4 is 9.84 Å². The standard InChI is InChI=1S/C13H20N2O2S/c1-14-10-12-4-2-3-5-13(12)11-15-6-8-18(16,17)9-7-15/h2-5,14H,6-11H2,1H3. The van der Waals surface area contributed by atoms with Gasteiger partial charge in [0.2, 0.25) is 0 Å². The minimum absolute atomic E-state index is 0.293. The molecule has 1 aliphatic heterocycles. The molecule has 1 aliphatic rings. The Morgan fingerprint density at radius 3 is 2.39 bits per heavy atom. The van der Waals surface area contributed by atoms with Crippen molar-refractivity contribution in [1.29, 1.82) is 0 Å². The van der Waals surface area contributed by atoms with E-state index in [-0.39, 0.29) is 0 Å². The molecule has 5 heteroatoms. The smallest absolute Gasteiger partial charge is 0.152 e. The van der Waals surface area contributed by atoms with E-state index < -0.39 is 9.84 Å². The van der Waals surface area contributed by atoms with E-state index in [4.69, 9.17) is 0 Å². The molecule has 0 amide bonds. The van der Waals surface area contributed by atoms with Crippen molar-refractivity contribution in [3.8, 4) is 0 Å².